The van der Waals surface area contributed by atoms with Gasteiger partial charge in [-0.15, -0.1) is 0 Å². The van der Waals surface area contributed by atoms with Crippen LogP contribution in [0.15, 0.2) is 85.2 Å². The molecule has 0 saturated heterocycles. The Morgan fingerprint density at radius 1 is 0.594 bits per heavy atom. The number of ether oxygens (including phenoxy) is 2. The van der Waals surface area contributed by atoms with E-state index in [0.717, 1.165) is 21.8 Å². The molecule has 0 N–H and O–H groups in total. The van der Waals surface area contributed by atoms with E-state index in [9.17, 15) is 9.59 Å². The van der Waals surface area contributed by atoms with Gasteiger partial charge < -0.3 is 9.47 Å². The molecule has 0 saturated carbocycles. The lowest BCUT2D eigenvalue weighted by molar-refractivity contribution is -0.672. The summed E-state index contributed by atoms with van der Waals surface area (Å²) in [6, 6.07) is 24.1. The van der Waals surface area contributed by atoms with Crippen molar-refractivity contribution in [2.24, 2.45) is 0 Å². The average Bonchev–Trinajstić information content (AvgIpc) is 2.83. The van der Waals surface area contributed by atoms with Crippen LogP contribution in [0, 0.1) is 0 Å². The molecule has 2 heterocycles. The van der Waals surface area contributed by atoms with Crippen LogP contribution in [0.3, 0.4) is 0 Å². The minimum Gasteiger partial charge on any atom is -0.459 e. The Hall–Kier alpha value is -3.80. The van der Waals surface area contributed by atoms with Crippen molar-refractivity contribution in [1.29, 1.82) is 0 Å². The Morgan fingerprint density at radius 3 is 1.47 bits per heavy atom. The molecule has 0 bridgehead atoms. The quantitative estimate of drug-likeness (QED) is 0.302. The number of fused-ring (bicyclic) bond motifs is 2. The first-order valence-corrected chi connectivity index (χ1v) is 10.8. The third-order valence-electron chi connectivity index (χ3n) is 5.30. The van der Waals surface area contributed by atoms with Gasteiger partial charge in [-0.25, -0.2) is 0 Å². The fraction of sp³-hybridized carbons (Fsp3) is 0.231. The molecule has 162 valence electrons. The van der Waals surface area contributed by atoms with Crippen molar-refractivity contribution in [3.05, 3.63) is 85.2 Å². The summed E-state index contributed by atoms with van der Waals surface area (Å²) in [5.74, 6) is -0.794. The highest BCUT2D eigenvalue weighted by Gasteiger charge is 2.13. The fourth-order valence-electron chi connectivity index (χ4n) is 3.70. The van der Waals surface area contributed by atoms with E-state index in [0.29, 0.717) is 13.1 Å². The predicted molar refractivity (Wildman–Crippen MR) is 119 cm³/mol. The third-order valence-corrected chi connectivity index (χ3v) is 5.30. The second kappa shape index (κ2) is 10.5. The fourth-order valence-corrected chi connectivity index (χ4v) is 3.70. The summed E-state index contributed by atoms with van der Waals surface area (Å²) in [4.78, 5) is 24.0. The van der Waals surface area contributed by atoms with Crippen LogP contribution in [0.4, 0.5) is 0 Å². The first-order valence-electron chi connectivity index (χ1n) is 10.8. The highest BCUT2D eigenvalue weighted by Crippen LogP contribution is 2.09. The van der Waals surface area contributed by atoms with E-state index >= 15 is 0 Å². The molecule has 4 aromatic rings. The Morgan fingerprint density at radius 2 is 1.00 bits per heavy atom. The molecule has 0 fully saturated rings. The predicted octanol–water partition coefficient (Wildman–Crippen LogP) is 3.13. The molecule has 0 amide bonds. The molecule has 0 radical (unpaired) electrons. The normalized spacial score (nSPS) is 10.9. The van der Waals surface area contributed by atoms with Crippen LogP contribution in [-0.2, 0) is 32.2 Å². The Bertz CT molecular complexity index is 1130. The van der Waals surface area contributed by atoms with Gasteiger partial charge in [0.1, 0.15) is 0 Å². The number of carbonyl (C=O) groups excluding carboxylic acids is 2. The molecule has 2 aromatic carbocycles. The lowest BCUT2D eigenvalue weighted by Gasteiger charge is -2.05. The molecule has 2 aromatic heterocycles. The molecule has 0 aliphatic heterocycles. The highest BCUT2D eigenvalue weighted by molar-refractivity contribution is 5.78. The van der Waals surface area contributed by atoms with Crippen LogP contribution in [0.5, 0.6) is 0 Å². The molecule has 0 aliphatic carbocycles. The summed E-state index contributed by atoms with van der Waals surface area (Å²) < 4.78 is 14.7. The van der Waals surface area contributed by atoms with Gasteiger partial charge in [-0.2, -0.15) is 9.13 Å². The molecule has 6 heteroatoms. The van der Waals surface area contributed by atoms with E-state index in [2.05, 4.69) is 0 Å². The SMILES string of the molecule is O=C(CCC(=O)OCC[n+]1cccc2ccccc21)OCC[n+]1cccc2ccccc21. The summed E-state index contributed by atoms with van der Waals surface area (Å²) in [7, 11) is 0. The number of pyridine rings is 2. The summed E-state index contributed by atoms with van der Waals surface area (Å²) in [6.07, 6.45) is 3.95. The number of para-hydroxylation sites is 2. The van der Waals surface area contributed by atoms with Crippen molar-refractivity contribution in [3.8, 4) is 0 Å². The van der Waals surface area contributed by atoms with Gasteiger partial charge in [0.05, 0.1) is 12.8 Å². The van der Waals surface area contributed by atoms with Gasteiger partial charge in [0, 0.05) is 35.0 Å². The van der Waals surface area contributed by atoms with Crippen molar-refractivity contribution in [1.82, 2.24) is 0 Å². The van der Waals surface area contributed by atoms with Crippen molar-refractivity contribution >= 4 is 33.7 Å². The number of aromatic nitrogens is 2. The maximum Gasteiger partial charge on any atom is 0.306 e. The smallest absolute Gasteiger partial charge is 0.306 e. The Kier molecular flexibility index (Phi) is 7.02. The van der Waals surface area contributed by atoms with Gasteiger partial charge in [0.25, 0.3) is 0 Å². The van der Waals surface area contributed by atoms with Gasteiger partial charge in [0.2, 0.25) is 11.0 Å². The van der Waals surface area contributed by atoms with E-state index < -0.39 is 11.9 Å². The van der Waals surface area contributed by atoms with Gasteiger partial charge >= 0.3 is 11.9 Å². The van der Waals surface area contributed by atoms with Crippen molar-refractivity contribution in [3.63, 3.8) is 0 Å². The number of rotatable bonds is 9. The number of nitrogens with zero attached hydrogens (tertiary/aromatic N) is 2. The first-order chi connectivity index (χ1) is 15.7. The van der Waals surface area contributed by atoms with Crippen molar-refractivity contribution in [2.45, 2.75) is 25.9 Å². The number of hydrogen-bond donors (Lipinski definition) is 0. The molecule has 32 heavy (non-hydrogen) atoms. The zero-order valence-corrected chi connectivity index (χ0v) is 17.9. The molecular formula is C26H26N2O4+2. The second-order valence-corrected chi connectivity index (χ2v) is 7.46. The standard InChI is InChI=1S/C26H26N2O4/c29-25(31-19-17-27-15-5-9-21-7-1-3-11-23(21)27)13-14-26(30)32-20-18-28-16-6-10-22-8-2-4-12-24(22)28/h1-12,15-16H,13-14,17-20H2/q+2. The minimum absolute atomic E-state index is 0.0143. The van der Waals surface area contributed by atoms with Crippen LogP contribution in [-0.4, -0.2) is 25.2 Å². The molecular weight excluding hydrogens is 404 g/mol. The number of hydrogen-bond acceptors (Lipinski definition) is 4. The van der Waals surface area contributed by atoms with E-state index in [4.69, 9.17) is 9.47 Å². The van der Waals surface area contributed by atoms with Crippen LogP contribution in [0.1, 0.15) is 12.8 Å². The maximum absolute atomic E-state index is 12.0. The van der Waals surface area contributed by atoms with Crippen LogP contribution < -0.4 is 9.13 Å². The summed E-state index contributed by atoms with van der Waals surface area (Å²) in [5, 5.41) is 2.26. The van der Waals surface area contributed by atoms with E-state index in [1.54, 1.807) is 0 Å². The average molecular weight is 431 g/mol. The van der Waals surface area contributed by atoms with E-state index in [-0.39, 0.29) is 26.1 Å². The third kappa shape index (κ3) is 5.46. The first kappa shape index (κ1) is 21.4. The molecule has 0 spiro atoms. The zero-order valence-electron chi connectivity index (χ0n) is 17.9. The van der Waals surface area contributed by atoms with Gasteiger partial charge in [-0.3, -0.25) is 9.59 Å². The minimum atomic E-state index is -0.397. The monoisotopic (exact) mass is 430 g/mol. The van der Waals surface area contributed by atoms with Gasteiger partial charge in [-0.1, -0.05) is 24.3 Å². The van der Waals surface area contributed by atoms with Crippen molar-refractivity contribution < 1.29 is 28.2 Å². The lowest BCUT2D eigenvalue weighted by Crippen LogP contribution is -2.37. The highest BCUT2D eigenvalue weighted by atomic mass is 16.5. The van der Waals surface area contributed by atoms with Gasteiger partial charge in [0.15, 0.2) is 38.7 Å². The molecule has 0 aliphatic rings. The zero-order chi connectivity index (χ0) is 22.2. The Balaban J connectivity index is 1.17. The Labute approximate surface area is 186 Å². The second-order valence-electron chi connectivity index (χ2n) is 7.46. The van der Waals surface area contributed by atoms with E-state index in [1.165, 1.54) is 0 Å². The molecule has 6 nitrogen and oxygen atoms in total. The molecule has 0 unspecified atom stereocenters. The van der Waals surface area contributed by atoms with Crippen molar-refractivity contribution in [2.75, 3.05) is 13.2 Å². The number of carbonyl (C=O) groups is 2. The van der Waals surface area contributed by atoms with Crippen LogP contribution in [0.2, 0.25) is 0 Å². The maximum atomic E-state index is 12.0. The molecule has 4 rings (SSSR count). The largest absolute Gasteiger partial charge is 0.459 e. The number of benzene rings is 2. The van der Waals surface area contributed by atoms with Crippen LogP contribution >= 0.6 is 0 Å². The topological polar surface area (TPSA) is 60.4 Å². The lowest BCUT2D eigenvalue weighted by atomic mass is 10.2. The number of esters is 2. The molecule has 0 atom stereocenters. The summed E-state index contributed by atoms with van der Waals surface area (Å²) >= 11 is 0. The van der Waals surface area contributed by atoms with Crippen LogP contribution in [0.25, 0.3) is 21.8 Å². The summed E-state index contributed by atoms with van der Waals surface area (Å²) in [5.41, 5.74) is 2.16. The summed E-state index contributed by atoms with van der Waals surface area (Å²) in [6.45, 7) is 1.62. The van der Waals surface area contributed by atoms with E-state index in [1.807, 2.05) is 94.3 Å². The van der Waals surface area contributed by atoms with Gasteiger partial charge in [-0.05, 0) is 24.3 Å².